The van der Waals surface area contributed by atoms with Crippen LogP contribution in [0.2, 0.25) is 0 Å². The Morgan fingerprint density at radius 2 is 2.31 bits per heavy atom. The van der Waals surface area contributed by atoms with Gasteiger partial charge in [0.2, 0.25) is 11.0 Å². The zero-order chi connectivity index (χ0) is 18.5. The summed E-state index contributed by atoms with van der Waals surface area (Å²) in [6.07, 6.45) is 1.98. The van der Waals surface area contributed by atoms with Crippen LogP contribution >= 0.6 is 58.4 Å². The summed E-state index contributed by atoms with van der Waals surface area (Å²) >= 11 is 11.0. The molecule has 1 aliphatic rings. The van der Waals surface area contributed by atoms with E-state index < -0.39 is 0 Å². The van der Waals surface area contributed by atoms with Gasteiger partial charge in [0.15, 0.2) is 4.34 Å². The molecule has 1 aliphatic heterocycles. The first-order valence-electron chi connectivity index (χ1n) is 7.62. The van der Waals surface area contributed by atoms with Gasteiger partial charge < -0.3 is 5.32 Å². The van der Waals surface area contributed by atoms with Gasteiger partial charge in [-0.3, -0.25) is 14.5 Å². The lowest BCUT2D eigenvalue weighted by Gasteiger charge is -2.13. The molecule has 1 N–H and O–H groups in total. The Morgan fingerprint density at radius 3 is 3.04 bits per heavy atom. The number of amides is 2. The van der Waals surface area contributed by atoms with Crippen molar-refractivity contribution in [1.82, 2.24) is 15.1 Å². The monoisotopic (exact) mass is 442 g/mol. The Morgan fingerprint density at radius 1 is 1.46 bits per heavy atom. The maximum absolute atomic E-state index is 12.5. The lowest BCUT2D eigenvalue weighted by Crippen LogP contribution is -2.31. The van der Waals surface area contributed by atoms with Gasteiger partial charge in [-0.15, -0.1) is 21.5 Å². The summed E-state index contributed by atoms with van der Waals surface area (Å²) < 4.78 is 1.29. The summed E-state index contributed by atoms with van der Waals surface area (Å²) in [5, 5.41) is 13.1. The van der Waals surface area contributed by atoms with Crippen LogP contribution in [-0.4, -0.2) is 43.5 Å². The topological polar surface area (TPSA) is 75.2 Å². The van der Waals surface area contributed by atoms with Crippen LogP contribution in [0, 0.1) is 0 Å². The van der Waals surface area contributed by atoms with Gasteiger partial charge in [0.05, 0.1) is 4.91 Å². The van der Waals surface area contributed by atoms with Crippen LogP contribution in [0.3, 0.4) is 0 Å². The van der Waals surface area contributed by atoms with Crippen LogP contribution < -0.4 is 5.32 Å². The standard InChI is InChI=1S/C15H14N4O2S5/c1-2-23-14-18-17-13(26-14)16-11(20)5-6-19-12(21)10(25-15(19)22)8-9-4-3-7-24-9/h3-4,7-8H,2,5-6H2,1H3,(H,16,17,20)/b10-8-. The molecule has 0 aliphatic carbocycles. The minimum Gasteiger partial charge on any atom is -0.300 e. The van der Waals surface area contributed by atoms with E-state index in [4.69, 9.17) is 12.2 Å². The Kier molecular flexibility index (Phi) is 6.81. The van der Waals surface area contributed by atoms with Crippen molar-refractivity contribution in [2.24, 2.45) is 0 Å². The van der Waals surface area contributed by atoms with Gasteiger partial charge in [-0.1, -0.05) is 60.1 Å². The predicted octanol–water partition coefficient (Wildman–Crippen LogP) is 3.94. The third-order valence-corrected chi connectivity index (χ3v) is 7.22. The molecule has 11 heteroatoms. The number of thioether (sulfide) groups is 2. The fraction of sp³-hybridized carbons (Fsp3) is 0.267. The maximum atomic E-state index is 12.5. The fourth-order valence-electron chi connectivity index (χ4n) is 2.03. The molecule has 6 nitrogen and oxygen atoms in total. The summed E-state index contributed by atoms with van der Waals surface area (Å²) in [6.45, 7) is 2.27. The fourth-order valence-corrected chi connectivity index (χ4v) is 5.73. The van der Waals surface area contributed by atoms with E-state index in [0.29, 0.717) is 14.4 Å². The molecule has 0 aromatic carbocycles. The van der Waals surface area contributed by atoms with Crippen molar-refractivity contribution < 1.29 is 9.59 Å². The molecule has 0 bridgehead atoms. The van der Waals surface area contributed by atoms with Gasteiger partial charge in [0.1, 0.15) is 4.32 Å². The second-order valence-electron chi connectivity index (χ2n) is 4.95. The van der Waals surface area contributed by atoms with Gasteiger partial charge >= 0.3 is 0 Å². The summed E-state index contributed by atoms with van der Waals surface area (Å²) in [5.74, 6) is 0.528. The van der Waals surface area contributed by atoms with Gasteiger partial charge in [-0.25, -0.2) is 0 Å². The number of anilines is 1. The van der Waals surface area contributed by atoms with E-state index in [9.17, 15) is 9.59 Å². The first kappa shape index (κ1) is 19.5. The van der Waals surface area contributed by atoms with E-state index in [0.717, 1.165) is 15.0 Å². The van der Waals surface area contributed by atoms with E-state index in [1.165, 1.54) is 28.0 Å². The molecule has 0 atom stereocenters. The molecule has 0 unspecified atom stereocenters. The first-order chi connectivity index (χ1) is 12.6. The number of thiocarbonyl (C=S) groups is 1. The molecule has 2 amide bonds. The zero-order valence-corrected chi connectivity index (χ0v) is 17.7. The molecule has 1 saturated heterocycles. The van der Waals surface area contributed by atoms with Crippen molar-refractivity contribution in [3.8, 4) is 0 Å². The highest BCUT2D eigenvalue weighted by molar-refractivity contribution is 8.26. The van der Waals surface area contributed by atoms with Crippen molar-refractivity contribution in [3.05, 3.63) is 27.3 Å². The van der Waals surface area contributed by atoms with E-state index in [2.05, 4.69) is 15.5 Å². The molecular formula is C15H14N4O2S5. The number of aromatic nitrogens is 2. The number of hydrogen-bond donors (Lipinski definition) is 1. The number of nitrogens with zero attached hydrogens (tertiary/aromatic N) is 3. The van der Waals surface area contributed by atoms with Gasteiger partial charge in [0, 0.05) is 17.8 Å². The van der Waals surface area contributed by atoms with Crippen molar-refractivity contribution in [2.75, 3.05) is 17.6 Å². The highest BCUT2D eigenvalue weighted by Crippen LogP contribution is 2.33. The molecule has 26 heavy (non-hydrogen) atoms. The van der Waals surface area contributed by atoms with Gasteiger partial charge in [-0.2, -0.15) is 0 Å². The minimum absolute atomic E-state index is 0.147. The lowest BCUT2D eigenvalue weighted by atomic mass is 10.3. The number of hydrogen-bond acceptors (Lipinski definition) is 9. The molecule has 2 aromatic rings. The average Bonchev–Trinajstić information content (AvgIpc) is 3.31. The van der Waals surface area contributed by atoms with Crippen molar-refractivity contribution in [3.63, 3.8) is 0 Å². The molecule has 3 heterocycles. The summed E-state index contributed by atoms with van der Waals surface area (Å²) in [5.41, 5.74) is 0. The van der Waals surface area contributed by atoms with Crippen molar-refractivity contribution >= 4 is 85.8 Å². The number of carbonyl (C=O) groups is 2. The highest BCUT2D eigenvalue weighted by atomic mass is 32.2. The van der Waals surface area contributed by atoms with E-state index in [-0.39, 0.29) is 24.8 Å². The second kappa shape index (κ2) is 9.09. The van der Waals surface area contributed by atoms with Crippen molar-refractivity contribution in [1.29, 1.82) is 0 Å². The number of rotatable bonds is 7. The maximum Gasteiger partial charge on any atom is 0.266 e. The molecule has 0 radical (unpaired) electrons. The number of nitrogens with one attached hydrogen (secondary N) is 1. The predicted molar refractivity (Wildman–Crippen MR) is 114 cm³/mol. The molecule has 3 rings (SSSR count). The summed E-state index contributed by atoms with van der Waals surface area (Å²) in [6, 6.07) is 3.87. The summed E-state index contributed by atoms with van der Waals surface area (Å²) in [4.78, 5) is 27.7. The Balaban J connectivity index is 1.54. The number of thiophene rings is 1. The smallest absolute Gasteiger partial charge is 0.266 e. The van der Waals surface area contributed by atoms with Crippen LogP contribution in [0.25, 0.3) is 6.08 Å². The van der Waals surface area contributed by atoms with Crippen LogP contribution in [0.15, 0.2) is 26.8 Å². The molecule has 136 valence electrons. The van der Waals surface area contributed by atoms with Crippen LogP contribution in [0.5, 0.6) is 0 Å². The van der Waals surface area contributed by atoms with Crippen LogP contribution in [-0.2, 0) is 9.59 Å². The van der Waals surface area contributed by atoms with Gasteiger partial charge in [0.25, 0.3) is 5.91 Å². The van der Waals surface area contributed by atoms with E-state index in [1.807, 2.05) is 30.5 Å². The third-order valence-electron chi connectivity index (χ3n) is 3.17. The molecular weight excluding hydrogens is 429 g/mol. The van der Waals surface area contributed by atoms with Gasteiger partial charge in [-0.05, 0) is 23.3 Å². The van der Waals surface area contributed by atoms with Crippen LogP contribution in [0.1, 0.15) is 18.2 Å². The Bertz CT molecular complexity index is 846. The normalized spacial score (nSPS) is 15.9. The van der Waals surface area contributed by atoms with E-state index in [1.54, 1.807) is 23.1 Å². The Hall–Kier alpha value is -1.27. The third kappa shape index (κ3) is 4.92. The quantitative estimate of drug-likeness (QED) is 0.301. The average molecular weight is 443 g/mol. The lowest BCUT2D eigenvalue weighted by molar-refractivity contribution is -0.122. The van der Waals surface area contributed by atoms with Crippen molar-refractivity contribution in [2.45, 2.75) is 17.7 Å². The number of carbonyl (C=O) groups excluding carboxylic acids is 2. The van der Waals surface area contributed by atoms with E-state index >= 15 is 0 Å². The molecule has 2 aromatic heterocycles. The SMILES string of the molecule is CCSc1nnc(NC(=O)CCN2C(=O)/C(=C/c3cccs3)SC2=S)s1. The second-order valence-corrected chi connectivity index (χ2v) is 10.1. The largest absolute Gasteiger partial charge is 0.300 e. The highest BCUT2D eigenvalue weighted by Gasteiger charge is 2.32. The van der Waals surface area contributed by atoms with Crippen LogP contribution in [0.4, 0.5) is 5.13 Å². The Labute approximate surface area is 172 Å². The molecule has 1 fully saturated rings. The molecule has 0 spiro atoms. The first-order valence-corrected chi connectivity index (χ1v) is 11.5. The minimum atomic E-state index is -0.217. The summed E-state index contributed by atoms with van der Waals surface area (Å²) in [7, 11) is 0. The zero-order valence-electron chi connectivity index (χ0n) is 13.6. The molecule has 0 saturated carbocycles.